The molecule has 206 valence electrons. The number of pyridine rings is 1. The second-order valence-corrected chi connectivity index (χ2v) is 10.8. The van der Waals surface area contributed by atoms with Gasteiger partial charge in [0.1, 0.15) is 5.65 Å². The van der Waals surface area contributed by atoms with E-state index in [1.807, 2.05) is 61.0 Å². The monoisotopic (exact) mass is 533 g/mol. The molecule has 2 atom stereocenters. The maximum Gasteiger partial charge on any atom is 0.475 e. The summed E-state index contributed by atoms with van der Waals surface area (Å²) in [7, 11) is -1.71. The van der Waals surface area contributed by atoms with Crippen LogP contribution >= 0.6 is 0 Å². The Bertz CT molecular complexity index is 1340. The molecule has 0 fully saturated rings. The molecule has 2 amide bonds. The molecule has 1 aliphatic heterocycles. The number of oxime groups is 1. The molecule has 2 unspecified atom stereocenters. The Hall–Kier alpha value is -3.70. The standard InChI is InChI=1S/C28H36BN5O5/c1-18(2)12-24(29(37)38)32-27(36)28(14-20-8-6-5-7-9-20)15-23(33-39-28)17-31-26(35)22-13-21-10-11-34(19(3)4)25(21)30-16-22/h5-11,13,16,18-19,24,37-38H,12,14-15,17H2,1-4H3,(H,31,35)(H,32,36). The van der Waals surface area contributed by atoms with E-state index in [1.54, 1.807) is 12.3 Å². The van der Waals surface area contributed by atoms with E-state index in [9.17, 15) is 19.6 Å². The predicted octanol–water partition coefficient (Wildman–Crippen LogP) is 2.65. The number of rotatable bonds is 11. The van der Waals surface area contributed by atoms with Gasteiger partial charge >= 0.3 is 7.12 Å². The molecule has 1 aliphatic rings. The first-order valence-corrected chi connectivity index (χ1v) is 13.3. The molecule has 0 radical (unpaired) electrons. The van der Waals surface area contributed by atoms with Crippen LogP contribution in [0.5, 0.6) is 0 Å². The lowest BCUT2D eigenvalue weighted by Gasteiger charge is -2.29. The van der Waals surface area contributed by atoms with Gasteiger partial charge in [0.15, 0.2) is 0 Å². The van der Waals surface area contributed by atoms with Crippen LogP contribution in [-0.2, 0) is 16.1 Å². The van der Waals surface area contributed by atoms with Crippen LogP contribution in [0.3, 0.4) is 0 Å². The number of nitrogens with zero attached hydrogens (tertiary/aromatic N) is 3. The van der Waals surface area contributed by atoms with Gasteiger partial charge in [0.25, 0.3) is 11.8 Å². The minimum atomic E-state index is -1.71. The van der Waals surface area contributed by atoms with Crippen molar-refractivity contribution in [3.63, 3.8) is 0 Å². The molecule has 0 aliphatic carbocycles. The average Bonchev–Trinajstić information content (AvgIpc) is 3.51. The molecular weight excluding hydrogens is 497 g/mol. The summed E-state index contributed by atoms with van der Waals surface area (Å²) >= 11 is 0. The maximum absolute atomic E-state index is 13.5. The average molecular weight is 533 g/mol. The zero-order chi connectivity index (χ0) is 28.2. The summed E-state index contributed by atoms with van der Waals surface area (Å²) < 4.78 is 2.04. The molecule has 3 heterocycles. The number of nitrogens with one attached hydrogen (secondary N) is 2. The van der Waals surface area contributed by atoms with E-state index in [0.29, 0.717) is 17.7 Å². The fourth-order valence-corrected chi connectivity index (χ4v) is 4.80. The molecule has 2 aromatic heterocycles. The first-order valence-electron chi connectivity index (χ1n) is 13.3. The van der Waals surface area contributed by atoms with Crippen molar-refractivity contribution >= 4 is 35.7 Å². The van der Waals surface area contributed by atoms with Gasteiger partial charge in [0, 0.05) is 36.7 Å². The normalized spacial score (nSPS) is 17.7. The highest BCUT2D eigenvalue weighted by Gasteiger charge is 2.48. The van der Waals surface area contributed by atoms with E-state index in [-0.39, 0.29) is 37.3 Å². The van der Waals surface area contributed by atoms with Gasteiger partial charge in [-0.2, -0.15) is 0 Å². The Morgan fingerprint density at radius 3 is 2.56 bits per heavy atom. The third-order valence-corrected chi connectivity index (χ3v) is 6.81. The number of amides is 2. The minimum Gasteiger partial charge on any atom is -0.426 e. The molecule has 0 bridgehead atoms. The summed E-state index contributed by atoms with van der Waals surface area (Å²) in [5, 5.41) is 30.3. The zero-order valence-electron chi connectivity index (χ0n) is 22.8. The van der Waals surface area contributed by atoms with Crippen LogP contribution in [0.2, 0.25) is 0 Å². The van der Waals surface area contributed by atoms with E-state index in [1.165, 1.54) is 0 Å². The molecule has 10 nitrogen and oxygen atoms in total. The van der Waals surface area contributed by atoms with Crippen molar-refractivity contribution in [1.29, 1.82) is 0 Å². The second-order valence-electron chi connectivity index (χ2n) is 10.8. The summed E-state index contributed by atoms with van der Waals surface area (Å²) in [6.45, 7) is 8.10. The quantitative estimate of drug-likeness (QED) is 0.280. The summed E-state index contributed by atoms with van der Waals surface area (Å²) in [5.74, 6) is -1.52. The van der Waals surface area contributed by atoms with E-state index in [4.69, 9.17) is 4.84 Å². The van der Waals surface area contributed by atoms with Crippen LogP contribution in [0.1, 0.15) is 62.5 Å². The van der Waals surface area contributed by atoms with E-state index in [2.05, 4.69) is 34.6 Å². The minimum absolute atomic E-state index is 0.0890. The Kier molecular flexibility index (Phi) is 8.71. The number of benzene rings is 1. The molecule has 0 spiro atoms. The van der Waals surface area contributed by atoms with Gasteiger partial charge in [0.05, 0.1) is 23.8 Å². The van der Waals surface area contributed by atoms with Crippen molar-refractivity contribution < 1.29 is 24.5 Å². The van der Waals surface area contributed by atoms with Crippen molar-refractivity contribution in [2.45, 2.75) is 64.5 Å². The second kappa shape index (κ2) is 12.0. The first-order chi connectivity index (χ1) is 18.6. The van der Waals surface area contributed by atoms with Crippen LogP contribution in [0.4, 0.5) is 0 Å². The van der Waals surface area contributed by atoms with Gasteiger partial charge in [-0.3, -0.25) is 9.59 Å². The number of carbonyl (C=O) groups is 2. The third kappa shape index (κ3) is 6.66. The van der Waals surface area contributed by atoms with Crippen LogP contribution in [-0.4, -0.2) is 62.3 Å². The van der Waals surface area contributed by atoms with E-state index in [0.717, 1.165) is 16.6 Å². The SMILES string of the molecule is CC(C)CC(NC(=O)C1(Cc2ccccc2)CC(CNC(=O)c2cnc3c(ccn3C(C)C)c2)=NO1)B(O)O. The van der Waals surface area contributed by atoms with Gasteiger partial charge in [0.2, 0.25) is 5.60 Å². The number of fused-ring (bicyclic) bond motifs is 1. The Balaban J connectivity index is 1.46. The lowest BCUT2D eigenvalue weighted by atomic mass is 9.74. The maximum atomic E-state index is 13.5. The lowest BCUT2D eigenvalue weighted by Crippen LogP contribution is -2.56. The van der Waals surface area contributed by atoms with Gasteiger partial charge in [-0.15, -0.1) is 0 Å². The largest absolute Gasteiger partial charge is 0.475 e. The highest BCUT2D eigenvalue weighted by molar-refractivity contribution is 6.43. The fourth-order valence-electron chi connectivity index (χ4n) is 4.80. The van der Waals surface area contributed by atoms with Crippen molar-refractivity contribution in [2.75, 3.05) is 6.54 Å². The third-order valence-electron chi connectivity index (χ3n) is 6.81. The van der Waals surface area contributed by atoms with Crippen LogP contribution in [0.25, 0.3) is 11.0 Å². The fraction of sp³-hybridized carbons (Fsp3) is 0.429. The van der Waals surface area contributed by atoms with Crippen molar-refractivity contribution in [3.8, 4) is 0 Å². The number of aromatic nitrogens is 2. The molecule has 39 heavy (non-hydrogen) atoms. The van der Waals surface area contributed by atoms with Gasteiger partial charge in [-0.05, 0) is 43.9 Å². The molecule has 0 saturated carbocycles. The van der Waals surface area contributed by atoms with E-state index >= 15 is 0 Å². The number of hydrogen-bond acceptors (Lipinski definition) is 7. The topological polar surface area (TPSA) is 138 Å². The molecule has 11 heteroatoms. The van der Waals surface area contributed by atoms with Crippen LogP contribution in [0, 0.1) is 5.92 Å². The summed E-state index contributed by atoms with van der Waals surface area (Å²) in [6, 6.07) is 13.4. The highest BCUT2D eigenvalue weighted by Crippen LogP contribution is 2.29. The lowest BCUT2D eigenvalue weighted by molar-refractivity contribution is -0.144. The molecule has 4 rings (SSSR count). The highest BCUT2D eigenvalue weighted by atomic mass is 16.7. The molecule has 1 aromatic carbocycles. The van der Waals surface area contributed by atoms with Crippen molar-refractivity contribution in [2.24, 2.45) is 11.1 Å². The van der Waals surface area contributed by atoms with Crippen molar-refractivity contribution in [1.82, 2.24) is 20.2 Å². The number of hydrogen-bond donors (Lipinski definition) is 4. The summed E-state index contributed by atoms with van der Waals surface area (Å²) in [4.78, 5) is 36.7. The van der Waals surface area contributed by atoms with Gasteiger partial charge in [-0.1, -0.05) is 49.3 Å². The predicted molar refractivity (Wildman–Crippen MR) is 150 cm³/mol. The van der Waals surface area contributed by atoms with Crippen molar-refractivity contribution in [3.05, 3.63) is 66.0 Å². The summed E-state index contributed by atoms with van der Waals surface area (Å²) in [6.07, 6.45) is 4.25. The molecular formula is C28H36BN5O5. The first kappa shape index (κ1) is 28.3. The van der Waals surface area contributed by atoms with Gasteiger partial charge in [-0.25, -0.2) is 4.98 Å². The molecule has 0 saturated heterocycles. The van der Waals surface area contributed by atoms with E-state index < -0.39 is 24.6 Å². The Morgan fingerprint density at radius 2 is 1.90 bits per heavy atom. The number of carbonyl (C=O) groups excluding carboxylic acids is 2. The smallest absolute Gasteiger partial charge is 0.426 e. The molecule has 4 N–H and O–H groups in total. The van der Waals surface area contributed by atoms with Crippen LogP contribution < -0.4 is 10.6 Å². The summed E-state index contributed by atoms with van der Waals surface area (Å²) in [5.41, 5.74) is 1.22. The Labute approximate surface area is 228 Å². The van der Waals surface area contributed by atoms with Crippen LogP contribution in [0.15, 0.2) is 60.0 Å². The zero-order valence-corrected chi connectivity index (χ0v) is 22.8. The van der Waals surface area contributed by atoms with Gasteiger partial charge < -0.3 is 30.1 Å². The molecule has 3 aromatic rings. The Morgan fingerprint density at radius 1 is 1.15 bits per heavy atom.